The zero-order valence-corrected chi connectivity index (χ0v) is 28.8. The van der Waals surface area contributed by atoms with Gasteiger partial charge in [-0.3, -0.25) is 34.2 Å². The van der Waals surface area contributed by atoms with Crippen LogP contribution in [0.5, 0.6) is 11.5 Å². The van der Waals surface area contributed by atoms with Crippen LogP contribution in [0.15, 0.2) is 66.7 Å². The van der Waals surface area contributed by atoms with Crippen LogP contribution in [-0.4, -0.2) is 83.9 Å². The molecule has 3 aromatic carbocycles. The van der Waals surface area contributed by atoms with E-state index < -0.39 is 35.8 Å². The van der Waals surface area contributed by atoms with Gasteiger partial charge in [0.25, 0.3) is 17.7 Å². The van der Waals surface area contributed by atoms with Gasteiger partial charge in [-0.2, -0.15) is 0 Å². The summed E-state index contributed by atoms with van der Waals surface area (Å²) < 4.78 is 11.3. The third-order valence-corrected chi connectivity index (χ3v) is 9.19. The summed E-state index contributed by atoms with van der Waals surface area (Å²) in [6.45, 7) is 5.29. The van der Waals surface area contributed by atoms with Crippen molar-refractivity contribution in [1.29, 1.82) is 0 Å². The number of nitrogens with one attached hydrogen (secondary N) is 3. The lowest BCUT2D eigenvalue weighted by atomic mass is 9.78. The fourth-order valence-electron chi connectivity index (χ4n) is 5.83. The number of amides is 5. The highest BCUT2D eigenvalue weighted by Crippen LogP contribution is 2.34. The number of benzene rings is 3. The molecule has 2 heterocycles. The molecule has 13 heteroatoms. The van der Waals surface area contributed by atoms with E-state index in [-0.39, 0.29) is 54.4 Å². The van der Waals surface area contributed by atoms with Crippen LogP contribution in [0.3, 0.4) is 0 Å². The highest BCUT2D eigenvalue weighted by Gasteiger charge is 2.44. The molecule has 2 unspecified atom stereocenters. The molecular formula is C37H41ClN4O8. The quantitative estimate of drug-likeness (QED) is 0.0988. The maximum absolute atomic E-state index is 13.0. The monoisotopic (exact) mass is 704 g/mol. The van der Waals surface area contributed by atoms with Crippen LogP contribution in [0.1, 0.15) is 71.4 Å². The molecular weight excluding hydrogens is 664 g/mol. The van der Waals surface area contributed by atoms with Gasteiger partial charge in [-0.05, 0) is 72.9 Å². The molecule has 5 amide bonds. The number of aliphatic hydroxyl groups is 1. The number of imide groups is 2. The second-order valence-electron chi connectivity index (χ2n) is 12.8. The summed E-state index contributed by atoms with van der Waals surface area (Å²) in [5, 5.41) is 17.9. The van der Waals surface area contributed by atoms with Gasteiger partial charge in [-0.25, -0.2) is 0 Å². The summed E-state index contributed by atoms with van der Waals surface area (Å²) in [6, 6.07) is 19.2. The van der Waals surface area contributed by atoms with Gasteiger partial charge < -0.3 is 25.2 Å². The number of hydrogen-bond acceptors (Lipinski definition) is 9. The van der Waals surface area contributed by atoms with Gasteiger partial charge in [0.1, 0.15) is 30.3 Å². The molecule has 0 spiro atoms. The first kappa shape index (κ1) is 36.3. The largest absolute Gasteiger partial charge is 0.491 e. The van der Waals surface area contributed by atoms with Gasteiger partial charge in [0.2, 0.25) is 11.8 Å². The summed E-state index contributed by atoms with van der Waals surface area (Å²) in [5.74, 6) is -1.03. The molecule has 1 fully saturated rings. The van der Waals surface area contributed by atoms with Gasteiger partial charge in [0, 0.05) is 30.6 Å². The first-order valence-electron chi connectivity index (χ1n) is 16.5. The number of alkyl halides is 1. The van der Waals surface area contributed by atoms with Crippen molar-refractivity contribution < 1.29 is 38.6 Å². The maximum Gasteiger partial charge on any atom is 0.262 e. The van der Waals surface area contributed by atoms with E-state index in [1.54, 1.807) is 18.2 Å². The molecule has 2 aliphatic rings. The lowest BCUT2D eigenvalue weighted by Gasteiger charge is -2.27. The lowest BCUT2D eigenvalue weighted by molar-refractivity contribution is -0.136. The number of carbonyl (C=O) groups is 5. The molecule has 2 atom stereocenters. The number of rotatable bonds is 16. The van der Waals surface area contributed by atoms with Crippen LogP contribution >= 0.6 is 11.6 Å². The van der Waals surface area contributed by atoms with Gasteiger partial charge >= 0.3 is 0 Å². The molecule has 0 bridgehead atoms. The standard InChI is InChI=1S/C37H41ClN4O8/c1-37(2,23-5-10-27(11-6-23)49-21-26(43)20-38)24-7-12-28(13-8-24)50-22-33(45)40-18-4-3-17-39-25-9-14-29-30(19-25)36(48)42(35(29)47)31-15-16-32(44)41-34(31)46/h5-14,19,26,31,39,43H,3-4,15-18,20-22H2,1-2H3,(H,40,45)(H,41,44,46). The number of fused-ring (bicyclic) bond motifs is 1. The van der Waals surface area contributed by atoms with Crippen LogP contribution < -0.4 is 25.4 Å². The predicted octanol–water partition coefficient (Wildman–Crippen LogP) is 3.78. The Hall–Kier alpha value is -4.94. The molecule has 0 radical (unpaired) electrons. The third-order valence-electron chi connectivity index (χ3n) is 8.84. The fourth-order valence-corrected chi connectivity index (χ4v) is 5.92. The molecule has 50 heavy (non-hydrogen) atoms. The summed E-state index contributed by atoms with van der Waals surface area (Å²) >= 11 is 5.62. The molecule has 3 aromatic rings. The van der Waals surface area contributed by atoms with E-state index in [9.17, 15) is 29.1 Å². The van der Waals surface area contributed by atoms with E-state index >= 15 is 0 Å². The molecule has 0 aromatic heterocycles. The third kappa shape index (κ3) is 8.61. The van der Waals surface area contributed by atoms with E-state index in [1.165, 1.54) is 0 Å². The summed E-state index contributed by atoms with van der Waals surface area (Å²) in [6.07, 6.45) is 0.894. The summed E-state index contributed by atoms with van der Waals surface area (Å²) in [5.41, 5.74) is 2.96. The number of hydrogen-bond donors (Lipinski definition) is 4. The van der Waals surface area contributed by atoms with Gasteiger partial charge in [-0.15, -0.1) is 11.6 Å². The molecule has 0 aliphatic carbocycles. The Morgan fingerprint density at radius 1 is 0.920 bits per heavy atom. The summed E-state index contributed by atoms with van der Waals surface area (Å²) in [4.78, 5) is 62.9. The number of aliphatic hydroxyl groups excluding tert-OH is 1. The lowest BCUT2D eigenvalue weighted by Crippen LogP contribution is -2.54. The van der Waals surface area contributed by atoms with E-state index in [0.29, 0.717) is 36.7 Å². The van der Waals surface area contributed by atoms with Crippen LogP contribution in [0.4, 0.5) is 5.69 Å². The average molecular weight is 705 g/mol. The zero-order chi connectivity index (χ0) is 35.8. The number of anilines is 1. The van der Waals surface area contributed by atoms with Crippen LogP contribution in [0, 0.1) is 0 Å². The van der Waals surface area contributed by atoms with Crippen molar-refractivity contribution in [3.8, 4) is 11.5 Å². The van der Waals surface area contributed by atoms with E-state index in [1.807, 2.05) is 48.5 Å². The second kappa shape index (κ2) is 16.2. The van der Waals surface area contributed by atoms with Gasteiger partial charge in [0.15, 0.2) is 6.61 Å². The van der Waals surface area contributed by atoms with E-state index in [4.69, 9.17) is 21.1 Å². The Labute approximate surface area is 295 Å². The van der Waals surface area contributed by atoms with Crippen molar-refractivity contribution in [1.82, 2.24) is 15.5 Å². The van der Waals surface area contributed by atoms with Crippen molar-refractivity contribution in [3.05, 3.63) is 89.0 Å². The topological polar surface area (TPSA) is 163 Å². The van der Waals surface area contributed by atoms with Crippen molar-refractivity contribution >= 4 is 46.8 Å². The molecule has 12 nitrogen and oxygen atoms in total. The van der Waals surface area contributed by atoms with Gasteiger partial charge in [-0.1, -0.05) is 38.1 Å². The zero-order valence-electron chi connectivity index (χ0n) is 28.0. The number of unbranched alkanes of at least 4 members (excludes halogenated alkanes) is 1. The minimum atomic E-state index is -1.00. The highest BCUT2D eigenvalue weighted by molar-refractivity contribution is 6.23. The Morgan fingerprint density at radius 2 is 1.54 bits per heavy atom. The molecule has 264 valence electrons. The van der Waals surface area contributed by atoms with Crippen molar-refractivity contribution in [3.63, 3.8) is 0 Å². The smallest absolute Gasteiger partial charge is 0.262 e. The Bertz CT molecular complexity index is 1730. The SMILES string of the molecule is CC(C)(c1ccc(OCC(=O)NCCCCNc2ccc3c(c2)C(=O)N(C2CCC(=O)NC2=O)C3=O)cc1)c1ccc(OCC(O)CCl)cc1. The van der Waals surface area contributed by atoms with Crippen molar-refractivity contribution in [2.75, 3.05) is 37.5 Å². The fraction of sp³-hybridized carbons (Fsp3) is 0.378. The normalized spacial score (nSPS) is 16.5. The number of nitrogens with zero attached hydrogens (tertiary/aromatic N) is 1. The van der Waals surface area contributed by atoms with Crippen LogP contribution in [0.25, 0.3) is 0 Å². The van der Waals surface area contributed by atoms with Crippen molar-refractivity contribution in [2.45, 2.75) is 57.1 Å². The van der Waals surface area contributed by atoms with Gasteiger partial charge in [0.05, 0.1) is 17.0 Å². The van der Waals surface area contributed by atoms with Crippen LogP contribution in [-0.2, 0) is 19.8 Å². The number of halogens is 1. The molecule has 5 rings (SSSR count). The minimum absolute atomic E-state index is 0.0657. The molecule has 0 saturated carbocycles. The second-order valence-corrected chi connectivity index (χ2v) is 13.1. The number of piperidine rings is 1. The van der Waals surface area contributed by atoms with Crippen molar-refractivity contribution in [2.24, 2.45) is 0 Å². The first-order chi connectivity index (χ1) is 24.0. The minimum Gasteiger partial charge on any atom is -0.491 e. The maximum atomic E-state index is 13.0. The highest BCUT2D eigenvalue weighted by atomic mass is 35.5. The average Bonchev–Trinajstić information content (AvgIpc) is 3.36. The first-order valence-corrected chi connectivity index (χ1v) is 17.1. The predicted molar refractivity (Wildman–Crippen MR) is 187 cm³/mol. The molecule has 2 aliphatic heterocycles. The van der Waals surface area contributed by atoms with E-state index in [0.717, 1.165) is 22.4 Å². The number of ether oxygens (including phenoxy) is 2. The Morgan fingerprint density at radius 3 is 2.18 bits per heavy atom. The Balaban J connectivity index is 0.999. The molecule has 4 N–H and O–H groups in total. The number of carbonyl (C=O) groups excluding carboxylic acids is 5. The van der Waals surface area contributed by atoms with Crippen LogP contribution in [0.2, 0.25) is 0 Å². The van der Waals surface area contributed by atoms with E-state index in [2.05, 4.69) is 29.8 Å². The molecule has 1 saturated heterocycles. The Kier molecular flexibility index (Phi) is 11.8. The summed E-state index contributed by atoms with van der Waals surface area (Å²) in [7, 11) is 0.